The lowest BCUT2D eigenvalue weighted by molar-refractivity contribution is -0.120. The summed E-state index contributed by atoms with van der Waals surface area (Å²) in [4.78, 5) is 28.1. The van der Waals surface area contributed by atoms with Gasteiger partial charge in [0.2, 0.25) is 0 Å². The summed E-state index contributed by atoms with van der Waals surface area (Å²) in [6, 6.07) is 16.3. The average molecular weight is 435 g/mol. The fourth-order valence-corrected chi connectivity index (χ4v) is 3.71. The SMILES string of the molecule is Cc1ccc(C2=C(Nc3ccc(F)cc3)C(=O)N(c3cccc(Cl)c3C)C2=O)cc1C. The van der Waals surface area contributed by atoms with Crippen LogP contribution in [-0.2, 0) is 9.59 Å². The van der Waals surface area contributed by atoms with Crippen LogP contribution in [0.3, 0.4) is 0 Å². The van der Waals surface area contributed by atoms with Gasteiger partial charge in [0.15, 0.2) is 0 Å². The third-order valence-corrected chi connectivity index (χ3v) is 5.88. The van der Waals surface area contributed by atoms with Gasteiger partial charge in [0.05, 0.1) is 11.3 Å². The summed E-state index contributed by atoms with van der Waals surface area (Å²) in [6.45, 7) is 5.69. The summed E-state index contributed by atoms with van der Waals surface area (Å²) in [6.07, 6.45) is 0. The first-order chi connectivity index (χ1) is 14.8. The predicted octanol–water partition coefficient (Wildman–Crippen LogP) is 5.80. The average Bonchev–Trinajstić information content (AvgIpc) is 2.98. The van der Waals surface area contributed by atoms with E-state index in [1.54, 1.807) is 25.1 Å². The van der Waals surface area contributed by atoms with E-state index in [4.69, 9.17) is 11.6 Å². The van der Waals surface area contributed by atoms with Crippen molar-refractivity contribution < 1.29 is 14.0 Å². The Balaban J connectivity index is 1.87. The number of rotatable bonds is 4. The topological polar surface area (TPSA) is 49.4 Å². The Bertz CT molecular complexity index is 1250. The maximum absolute atomic E-state index is 13.5. The molecule has 2 amide bonds. The van der Waals surface area contributed by atoms with Gasteiger partial charge in [-0.3, -0.25) is 9.59 Å². The van der Waals surface area contributed by atoms with E-state index in [0.717, 1.165) is 16.0 Å². The quantitative estimate of drug-likeness (QED) is 0.528. The van der Waals surface area contributed by atoms with Gasteiger partial charge in [-0.2, -0.15) is 0 Å². The van der Waals surface area contributed by atoms with E-state index in [1.165, 1.54) is 24.3 Å². The highest BCUT2D eigenvalue weighted by atomic mass is 35.5. The van der Waals surface area contributed by atoms with Crippen molar-refractivity contribution in [3.05, 3.63) is 99.5 Å². The molecule has 1 aliphatic heterocycles. The largest absolute Gasteiger partial charge is 0.350 e. The van der Waals surface area contributed by atoms with E-state index in [0.29, 0.717) is 27.5 Å². The number of benzene rings is 3. The number of amides is 2. The lowest BCUT2D eigenvalue weighted by Gasteiger charge is -2.18. The van der Waals surface area contributed by atoms with Crippen LogP contribution in [0.1, 0.15) is 22.3 Å². The van der Waals surface area contributed by atoms with Crippen LogP contribution in [-0.4, -0.2) is 11.8 Å². The monoisotopic (exact) mass is 434 g/mol. The molecule has 1 aliphatic rings. The molecule has 4 nitrogen and oxygen atoms in total. The highest BCUT2D eigenvalue weighted by Gasteiger charge is 2.41. The van der Waals surface area contributed by atoms with Crippen LogP contribution in [0.5, 0.6) is 0 Å². The molecule has 0 aliphatic carbocycles. The second-order valence-corrected chi connectivity index (χ2v) is 7.92. The first kappa shape index (κ1) is 20.8. The number of carbonyl (C=O) groups excluding carboxylic acids is 2. The number of nitrogens with zero attached hydrogens (tertiary/aromatic N) is 1. The maximum atomic E-state index is 13.5. The van der Waals surface area contributed by atoms with Gasteiger partial charge in [0.25, 0.3) is 11.8 Å². The van der Waals surface area contributed by atoms with Crippen molar-refractivity contribution >= 4 is 40.4 Å². The second kappa shape index (κ2) is 8.00. The minimum absolute atomic E-state index is 0.138. The molecule has 0 radical (unpaired) electrons. The van der Waals surface area contributed by atoms with Gasteiger partial charge >= 0.3 is 0 Å². The molecule has 156 valence electrons. The number of imide groups is 1. The van der Waals surface area contributed by atoms with Crippen LogP contribution in [0.2, 0.25) is 5.02 Å². The number of anilines is 2. The van der Waals surface area contributed by atoms with Gasteiger partial charge in [-0.05, 0) is 79.4 Å². The molecule has 0 spiro atoms. The van der Waals surface area contributed by atoms with Crippen molar-refractivity contribution in [3.8, 4) is 0 Å². The number of aryl methyl sites for hydroxylation is 2. The Hall–Kier alpha value is -3.44. The lowest BCUT2D eigenvalue weighted by atomic mass is 9.99. The van der Waals surface area contributed by atoms with Gasteiger partial charge in [-0.15, -0.1) is 0 Å². The Morgan fingerprint density at radius 1 is 0.871 bits per heavy atom. The molecule has 0 saturated carbocycles. The number of carbonyl (C=O) groups is 2. The number of hydrogen-bond acceptors (Lipinski definition) is 3. The predicted molar refractivity (Wildman–Crippen MR) is 122 cm³/mol. The third-order valence-electron chi connectivity index (χ3n) is 5.47. The van der Waals surface area contributed by atoms with Gasteiger partial charge in [-0.1, -0.05) is 35.9 Å². The van der Waals surface area contributed by atoms with Crippen LogP contribution < -0.4 is 10.2 Å². The Labute approximate surface area is 185 Å². The number of halogens is 2. The van der Waals surface area contributed by atoms with Crippen LogP contribution in [0, 0.1) is 26.6 Å². The summed E-state index contributed by atoms with van der Waals surface area (Å²) in [5.41, 5.74) is 4.68. The molecule has 1 N–H and O–H groups in total. The van der Waals surface area contributed by atoms with E-state index in [-0.39, 0.29) is 17.1 Å². The highest BCUT2D eigenvalue weighted by Crippen LogP contribution is 2.37. The standard InChI is InChI=1S/C25H20ClFN2O2/c1-14-7-8-17(13-15(14)2)22-23(28-19-11-9-18(27)10-12-19)25(31)29(24(22)30)21-6-4-5-20(26)16(21)3/h4-13,28H,1-3H3. The molecular weight excluding hydrogens is 415 g/mol. The summed E-state index contributed by atoms with van der Waals surface area (Å²) in [5.74, 6) is -1.32. The smallest absolute Gasteiger partial charge is 0.282 e. The second-order valence-electron chi connectivity index (χ2n) is 7.51. The fourth-order valence-electron chi connectivity index (χ4n) is 3.55. The number of hydrogen-bond donors (Lipinski definition) is 1. The normalized spacial score (nSPS) is 13.9. The van der Waals surface area contributed by atoms with Gasteiger partial charge in [0.1, 0.15) is 11.5 Å². The van der Waals surface area contributed by atoms with Crippen LogP contribution in [0.4, 0.5) is 15.8 Å². The fraction of sp³-hybridized carbons (Fsp3) is 0.120. The summed E-state index contributed by atoms with van der Waals surface area (Å²) < 4.78 is 13.3. The first-order valence-electron chi connectivity index (χ1n) is 9.76. The molecule has 3 aromatic carbocycles. The number of nitrogens with one attached hydrogen (secondary N) is 1. The van der Waals surface area contributed by atoms with Crippen LogP contribution in [0.25, 0.3) is 5.57 Å². The van der Waals surface area contributed by atoms with E-state index >= 15 is 0 Å². The summed E-state index contributed by atoms with van der Waals surface area (Å²) >= 11 is 6.25. The summed E-state index contributed by atoms with van der Waals surface area (Å²) in [7, 11) is 0. The van der Waals surface area contributed by atoms with Crippen molar-refractivity contribution in [2.45, 2.75) is 20.8 Å². The highest BCUT2D eigenvalue weighted by molar-refractivity contribution is 6.46. The van der Waals surface area contributed by atoms with E-state index in [1.807, 2.05) is 32.0 Å². The van der Waals surface area contributed by atoms with Crippen LogP contribution >= 0.6 is 11.6 Å². The molecule has 3 aromatic rings. The van der Waals surface area contributed by atoms with Gasteiger partial charge in [-0.25, -0.2) is 9.29 Å². The van der Waals surface area contributed by atoms with Gasteiger partial charge < -0.3 is 5.32 Å². The zero-order valence-corrected chi connectivity index (χ0v) is 18.0. The zero-order valence-electron chi connectivity index (χ0n) is 17.3. The molecule has 0 bridgehead atoms. The first-order valence-corrected chi connectivity index (χ1v) is 10.1. The van der Waals surface area contributed by atoms with E-state index < -0.39 is 11.8 Å². The lowest BCUT2D eigenvalue weighted by Crippen LogP contribution is -2.33. The van der Waals surface area contributed by atoms with Gasteiger partial charge in [0, 0.05) is 10.7 Å². The molecule has 0 unspecified atom stereocenters. The maximum Gasteiger partial charge on any atom is 0.282 e. The molecule has 0 atom stereocenters. The molecule has 1 heterocycles. The minimum Gasteiger partial charge on any atom is -0.350 e. The molecule has 0 fully saturated rings. The van der Waals surface area contributed by atoms with E-state index in [9.17, 15) is 14.0 Å². The summed E-state index contributed by atoms with van der Waals surface area (Å²) in [5, 5.41) is 3.50. The van der Waals surface area contributed by atoms with Crippen molar-refractivity contribution in [2.75, 3.05) is 10.2 Å². The molecular formula is C25H20ClFN2O2. The van der Waals surface area contributed by atoms with Crippen LogP contribution in [0.15, 0.2) is 66.4 Å². The van der Waals surface area contributed by atoms with Crippen molar-refractivity contribution in [2.24, 2.45) is 0 Å². The van der Waals surface area contributed by atoms with Crippen molar-refractivity contribution in [1.82, 2.24) is 0 Å². The third kappa shape index (κ3) is 3.73. The van der Waals surface area contributed by atoms with E-state index in [2.05, 4.69) is 5.32 Å². The minimum atomic E-state index is -0.493. The van der Waals surface area contributed by atoms with Crippen molar-refractivity contribution in [1.29, 1.82) is 0 Å². The Morgan fingerprint density at radius 3 is 2.26 bits per heavy atom. The molecule has 6 heteroatoms. The Morgan fingerprint density at radius 2 is 1.58 bits per heavy atom. The molecule has 4 rings (SSSR count). The molecule has 31 heavy (non-hydrogen) atoms. The Kier molecular flexibility index (Phi) is 5.38. The molecule has 0 aromatic heterocycles. The zero-order chi connectivity index (χ0) is 22.3. The van der Waals surface area contributed by atoms with Crippen molar-refractivity contribution in [3.63, 3.8) is 0 Å². The molecule has 0 saturated heterocycles.